The molecule has 1 aromatic carbocycles. The number of pyridine rings is 1. The first kappa shape index (κ1) is 14.6. The van der Waals surface area contributed by atoms with Crippen LogP contribution in [0.5, 0.6) is 11.5 Å². The highest BCUT2D eigenvalue weighted by molar-refractivity contribution is 5.99. The first-order chi connectivity index (χ1) is 10.1. The maximum absolute atomic E-state index is 11.9. The molecule has 1 aromatic heterocycles. The Bertz CT molecular complexity index is 671. The Balaban J connectivity index is 2.69. The van der Waals surface area contributed by atoms with Crippen molar-refractivity contribution in [3.8, 4) is 22.6 Å². The summed E-state index contributed by atoms with van der Waals surface area (Å²) in [5.74, 6) is 0.563. The van der Waals surface area contributed by atoms with Crippen LogP contribution in [0.4, 0.5) is 5.69 Å². The van der Waals surface area contributed by atoms with Gasteiger partial charge in [0.2, 0.25) is 0 Å². The molecule has 6 nitrogen and oxygen atoms in total. The van der Waals surface area contributed by atoms with Gasteiger partial charge in [0, 0.05) is 29.6 Å². The highest BCUT2D eigenvalue weighted by Gasteiger charge is 2.18. The van der Waals surface area contributed by atoms with Crippen molar-refractivity contribution >= 4 is 11.7 Å². The van der Waals surface area contributed by atoms with Crippen LogP contribution < -0.4 is 15.2 Å². The summed E-state index contributed by atoms with van der Waals surface area (Å²) in [5.41, 5.74) is 8.02. The summed E-state index contributed by atoms with van der Waals surface area (Å²) >= 11 is 0. The number of carbonyl (C=O) groups is 1. The minimum absolute atomic E-state index is 0.370. The fourth-order valence-electron chi connectivity index (χ4n) is 2.01. The number of hydrogen-bond donors (Lipinski definition) is 1. The van der Waals surface area contributed by atoms with Gasteiger partial charge in [-0.3, -0.25) is 4.98 Å². The summed E-state index contributed by atoms with van der Waals surface area (Å²) in [6.45, 7) is 0. The molecule has 110 valence electrons. The molecule has 0 bridgehead atoms. The summed E-state index contributed by atoms with van der Waals surface area (Å²) in [6, 6.07) is 4.97. The van der Waals surface area contributed by atoms with Crippen LogP contribution in [0.1, 0.15) is 10.4 Å². The Labute approximate surface area is 122 Å². The van der Waals surface area contributed by atoms with Crippen LogP contribution in [0.25, 0.3) is 11.1 Å². The molecule has 0 unspecified atom stereocenters. The highest BCUT2D eigenvalue weighted by atomic mass is 16.5. The van der Waals surface area contributed by atoms with Crippen molar-refractivity contribution in [1.29, 1.82) is 0 Å². The van der Waals surface area contributed by atoms with E-state index in [2.05, 4.69) is 4.98 Å². The zero-order valence-electron chi connectivity index (χ0n) is 12.0. The third kappa shape index (κ3) is 2.74. The quantitative estimate of drug-likeness (QED) is 0.685. The van der Waals surface area contributed by atoms with Crippen LogP contribution >= 0.6 is 0 Å². The molecule has 21 heavy (non-hydrogen) atoms. The average molecular weight is 288 g/mol. The van der Waals surface area contributed by atoms with Gasteiger partial charge in [0.1, 0.15) is 11.5 Å². The zero-order chi connectivity index (χ0) is 15.4. The summed E-state index contributed by atoms with van der Waals surface area (Å²) in [4.78, 5) is 15.9. The maximum Gasteiger partial charge on any atom is 0.338 e. The largest absolute Gasteiger partial charge is 0.497 e. The van der Waals surface area contributed by atoms with Crippen molar-refractivity contribution in [1.82, 2.24) is 4.98 Å². The molecule has 2 aromatic rings. The fourth-order valence-corrected chi connectivity index (χ4v) is 2.01. The van der Waals surface area contributed by atoms with Gasteiger partial charge < -0.3 is 19.9 Å². The lowest BCUT2D eigenvalue weighted by Gasteiger charge is -2.14. The van der Waals surface area contributed by atoms with Gasteiger partial charge >= 0.3 is 5.97 Å². The first-order valence-electron chi connectivity index (χ1n) is 6.16. The molecule has 0 saturated carbocycles. The number of nitrogens with zero attached hydrogens (tertiary/aromatic N) is 1. The number of hydrogen-bond acceptors (Lipinski definition) is 6. The van der Waals surface area contributed by atoms with Gasteiger partial charge in [0.25, 0.3) is 0 Å². The van der Waals surface area contributed by atoms with E-state index in [9.17, 15) is 4.79 Å². The van der Waals surface area contributed by atoms with Crippen LogP contribution in [0, 0.1) is 0 Å². The molecule has 0 amide bonds. The van der Waals surface area contributed by atoms with Gasteiger partial charge in [-0.2, -0.15) is 0 Å². The molecule has 0 fully saturated rings. The van der Waals surface area contributed by atoms with Crippen LogP contribution in [0.2, 0.25) is 0 Å². The first-order valence-corrected chi connectivity index (χ1v) is 6.16. The van der Waals surface area contributed by atoms with Crippen LogP contribution in [0.15, 0.2) is 30.6 Å². The number of carbonyl (C=O) groups excluding carboxylic acids is 1. The molecule has 0 atom stereocenters. The van der Waals surface area contributed by atoms with E-state index >= 15 is 0 Å². The number of aromatic nitrogens is 1. The van der Waals surface area contributed by atoms with E-state index in [0.717, 1.165) is 0 Å². The van der Waals surface area contributed by atoms with Crippen molar-refractivity contribution in [2.45, 2.75) is 0 Å². The van der Waals surface area contributed by atoms with E-state index in [1.54, 1.807) is 31.5 Å². The van der Waals surface area contributed by atoms with Crippen molar-refractivity contribution in [3.63, 3.8) is 0 Å². The van der Waals surface area contributed by atoms with Crippen molar-refractivity contribution in [2.75, 3.05) is 27.1 Å². The number of nitrogens with two attached hydrogens (primary N) is 1. The standard InChI is InChI=1S/C15H16N2O4/c1-19-9-6-11(14(16)13(7-9)20-2)12-8-17-5-4-10(12)15(18)21-3/h4-8H,16H2,1-3H3. The number of benzene rings is 1. The molecule has 0 saturated heterocycles. The van der Waals surface area contributed by atoms with Crippen molar-refractivity contribution in [2.24, 2.45) is 0 Å². The van der Waals surface area contributed by atoms with E-state index in [1.165, 1.54) is 20.4 Å². The molecular formula is C15H16N2O4. The predicted octanol–water partition coefficient (Wildman–Crippen LogP) is 2.13. The van der Waals surface area contributed by atoms with Gasteiger partial charge in [0.15, 0.2) is 0 Å². The predicted molar refractivity (Wildman–Crippen MR) is 78.5 cm³/mol. The minimum Gasteiger partial charge on any atom is -0.497 e. The molecule has 2 rings (SSSR count). The van der Waals surface area contributed by atoms with Gasteiger partial charge in [-0.1, -0.05) is 0 Å². The third-order valence-corrected chi connectivity index (χ3v) is 3.09. The number of anilines is 1. The zero-order valence-corrected chi connectivity index (χ0v) is 12.0. The number of ether oxygens (including phenoxy) is 3. The van der Waals surface area contributed by atoms with E-state index in [1.807, 2.05) is 0 Å². The SMILES string of the molecule is COC(=O)c1ccncc1-c1cc(OC)cc(OC)c1N. The Kier molecular flexibility index (Phi) is 4.27. The lowest BCUT2D eigenvalue weighted by molar-refractivity contribution is 0.0601. The molecule has 0 aliphatic heterocycles. The fraction of sp³-hybridized carbons (Fsp3) is 0.200. The molecule has 0 aliphatic carbocycles. The molecule has 0 radical (unpaired) electrons. The summed E-state index contributed by atoms with van der Waals surface area (Å²) in [6.07, 6.45) is 3.07. The summed E-state index contributed by atoms with van der Waals surface area (Å²) in [5, 5.41) is 0. The van der Waals surface area contributed by atoms with E-state index in [-0.39, 0.29) is 0 Å². The van der Waals surface area contributed by atoms with E-state index < -0.39 is 5.97 Å². The Morgan fingerprint density at radius 1 is 1.14 bits per heavy atom. The third-order valence-electron chi connectivity index (χ3n) is 3.09. The van der Waals surface area contributed by atoms with E-state index in [4.69, 9.17) is 19.9 Å². The molecule has 1 heterocycles. The highest BCUT2D eigenvalue weighted by Crippen LogP contribution is 2.38. The number of nitrogen functional groups attached to an aromatic ring is 1. The minimum atomic E-state index is -0.464. The molecule has 2 N–H and O–H groups in total. The van der Waals surface area contributed by atoms with Crippen LogP contribution in [-0.2, 0) is 4.74 Å². The Morgan fingerprint density at radius 2 is 1.90 bits per heavy atom. The van der Waals surface area contributed by atoms with Gasteiger partial charge in [-0.05, 0) is 12.1 Å². The number of rotatable bonds is 4. The van der Waals surface area contributed by atoms with Gasteiger partial charge in [-0.15, -0.1) is 0 Å². The van der Waals surface area contributed by atoms with Gasteiger partial charge in [-0.25, -0.2) is 4.79 Å². The molecular weight excluding hydrogens is 272 g/mol. The Hall–Kier alpha value is -2.76. The normalized spacial score (nSPS) is 10.0. The topological polar surface area (TPSA) is 83.7 Å². The van der Waals surface area contributed by atoms with Crippen LogP contribution in [0.3, 0.4) is 0 Å². The monoisotopic (exact) mass is 288 g/mol. The number of esters is 1. The lowest BCUT2D eigenvalue weighted by atomic mass is 9.99. The second-order valence-electron chi connectivity index (χ2n) is 4.20. The molecule has 0 aliphatic rings. The average Bonchev–Trinajstić information content (AvgIpc) is 2.54. The van der Waals surface area contributed by atoms with Gasteiger partial charge in [0.05, 0.1) is 32.6 Å². The summed E-state index contributed by atoms with van der Waals surface area (Å²) < 4.78 is 15.2. The van der Waals surface area contributed by atoms with Crippen molar-refractivity contribution in [3.05, 3.63) is 36.2 Å². The van der Waals surface area contributed by atoms with Crippen LogP contribution in [-0.4, -0.2) is 32.3 Å². The molecule has 6 heteroatoms. The smallest absolute Gasteiger partial charge is 0.338 e. The summed E-state index contributed by atoms with van der Waals surface area (Å²) in [7, 11) is 4.38. The van der Waals surface area contributed by atoms with Crippen molar-refractivity contribution < 1.29 is 19.0 Å². The Morgan fingerprint density at radius 3 is 2.52 bits per heavy atom. The lowest BCUT2D eigenvalue weighted by Crippen LogP contribution is -2.05. The second-order valence-corrected chi connectivity index (χ2v) is 4.20. The van der Waals surface area contributed by atoms with E-state index in [0.29, 0.717) is 33.9 Å². The maximum atomic E-state index is 11.9. The molecule has 0 spiro atoms. The second kappa shape index (κ2) is 6.13. The number of methoxy groups -OCH3 is 3.